The molecule has 0 radical (unpaired) electrons. The van der Waals surface area contributed by atoms with Gasteiger partial charge < -0.3 is 24.4 Å². The van der Waals surface area contributed by atoms with Crippen LogP contribution in [0.3, 0.4) is 0 Å². The molecule has 2 N–H and O–H groups in total. The molecule has 0 aromatic carbocycles. The third kappa shape index (κ3) is 6.84. The number of hydrogen-bond acceptors (Lipinski definition) is 7. The van der Waals surface area contributed by atoms with Crippen LogP contribution in [0, 0.1) is 0 Å². The fraction of sp³-hybridized carbons (Fsp3) is 0.700. The Balaban J connectivity index is 2.20. The Morgan fingerprint density at radius 2 is 1.96 bits per heavy atom. The third-order valence-electron chi connectivity index (χ3n) is 4.93. The Hall–Kier alpha value is -1.54. The number of carbonyl (C=O) groups excluding carboxylic acids is 2. The first-order valence-electron chi connectivity index (χ1n) is 9.42. The minimum Gasteiger partial charge on any atom is -0.457 e. The molecule has 0 aliphatic carbocycles. The zero-order chi connectivity index (χ0) is 20.0. The average Bonchev–Trinajstić information content (AvgIpc) is 3.00. The van der Waals surface area contributed by atoms with E-state index in [0.717, 1.165) is 11.1 Å². The number of aliphatic hydroxyl groups is 2. The maximum Gasteiger partial charge on any atom is 0.309 e. The summed E-state index contributed by atoms with van der Waals surface area (Å²) in [7, 11) is 0. The van der Waals surface area contributed by atoms with Crippen molar-refractivity contribution in [1.29, 1.82) is 0 Å². The van der Waals surface area contributed by atoms with E-state index < -0.39 is 36.7 Å². The minimum atomic E-state index is -1.08. The summed E-state index contributed by atoms with van der Waals surface area (Å²) in [5.41, 5.74) is 1.74. The lowest BCUT2D eigenvalue weighted by Crippen LogP contribution is -2.29. The maximum absolute atomic E-state index is 12.3. The van der Waals surface area contributed by atoms with Crippen molar-refractivity contribution >= 4 is 11.8 Å². The van der Waals surface area contributed by atoms with E-state index in [1.165, 1.54) is 0 Å². The largest absolute Gasteiger partial charge is 0.457 e. The van der Waals surface area contributed by atoms with Gasteiger partial charge in [-0.1, -0.05) is 12.2 Å². The summed E-state index contributed by atoms with van der Waals surface area (Å²) >= 11 is 0. The molecule has 1 fully saturated rings. The highest BCUT2D eigenvalue weighted by Crippen LogP contribution is 2.24. The van der Waals surface area contributed by atoms with Gasteiger partial charge in [-0.15, -0.1) is 0 Å². The van der Waals surface area contributed by atoms with E-state index in [2.05, 4.69) is 0 Å². The molecule has 5 atom stereocenters. The molecule has 0 aromatic rings. The Morgan fingerprint density at radius 1 is 1.22 bits per heavy atom. The van der Waals surface area contributed by atoms with Crippen molar-refractivity contribution in [1.82, 2.24) is 0 Å². The maximum atomic E-state index is 12.3. The van der Waals surface area contributed by atoms with Crippen molar-refractivity contribution in [2.45, 2.75) is 83.6 Å². The van der Waals surface area contributed by atoms with Gasteiger partial charge in [-0.2, -0.15) is 0 Å². The smallest absolute Gasteiger partial charge is 0.309 e. The molecule has 0 spiro atoms. The lowest BCUT2D eigenvalue weighted by molar-refractivity contribution is -0.150. The second kappa shape index (κ2) is 10.1. The SMILES string of the molecule is C/C=C(/C)C1C/C=C(\C)C(OC2CC(O)CO2)CC(=O)CC(O)CC(=O)O1. The summed E-state index contributed by atoms with van der Waals surface area (Å²) in [5.74, 6) is -0.720. The number of carbonyl (C=O) groups is 2. The van der Waals surface area contributed by atoms with Crippen LogP contribution in [-0.2, 0) is 23.8 Å². The second-order valence-electron chi connectivity index (χ2n) is 7.28. The van der Waals surface area contributed by atoms with Crippen molar-refractivity contribution in [3.8, 4) is 0 Å². The lowest BCUT2D eigenvalue weighted by Gasteiger charge is -2.25. The summed E-state index contributed by atoms with van der Waals surface area (Å²) in [6.07, 6.45) is 1.18. The number of aliphatic hydroxyl groups excluding tert-OH is 2. The Labute approximate surface area is 160 Å². The molecular weight excluding hydrogens is 352 g/mol. The van der Waals surface area contributed by atoms with Crippen molar-refractivity contribution in [3.63, 3.8) is 0 Å². The van der Waals surface area contributed by atoms with Gasteiger partial charge in [-0.05, 0) is 31.9 Å². The number of esters is 1. The molecule has 27 heavy (non-hydrogen) atoms. The van der Waals surface area contributed by atoms with Gasteiger partial charge in [-0.3, -0.25) is 9.59 Å². The van der Waals surface area contributed by atoms with Crippen molar-refractivity contribution < 1.29 is 34.0 Å². The minimum absolute atomic E-state index is 0.0810. The second-order valence-corrected chi connectivity index (χ2v) is 7.28. The van der Waals surface area contributed by atoms with E-state index in [4.69, 9.17) is 14.2 Å². The molecule has 2 rings (SSSR count). The van der Waals surface area contributed by atoms with Gasteiger partial charge in [0, 0.05) is 25.7 Å². The number of cyclic esters (lactones) is 1. The number of ketones is 1. The highest BCUT2D eigenvalue weighted by molar-refractivity contribution is 5.81. The zero-order valence-electron chi connectivity index (χ0n) is 16.2. The van der Waals surface area contributed by atoms with E-state index in [1.807, 2.05) is 32.9 Å². The van der Waals surface area contributed by atoms with Crippen LogP contribution in [0.15, 0.2) is 23.3 Å². The highest BCUT2D eigenvalue weighted by Gasteiger charge is 2.30. The normalized spacial score (nSPS) is 36.4. The molecule has 0 aromatic heterocycles. The van der Waals surface area contributed by atoms with Crippen molar-refractivity contribution in [2.75, 3.05) is 6.61 Å². The van der Waals surface area contributed by atoms with Crippen LogP contribution in [0.1, 0.15) is 52.9 Å². The number of rotatable bonds is 3. The van der Waals surface area contributed by atoms with Crippen LogP contribution < -0.4 is 0 Å². The first-order chi connectivity index (χ1) is 12.8. The van der Waals surface area contributed by atoms with E-state index in [1.54, 1.807) is 0 Å². The molecule has 0 saturated carbocycles. The number of Topliss-reactive ketones (excluding diaryl/α,β-unsaturated/α-hetero) is 1. The first kappa shape index (κ1) is 21.8. The fourth-order valence-corrected chi connectivity index (χ4v) is 3.13. The summed E-state index contributed by atoms with van der Waals surface area (Å²) in [6, 6.07) is 0. The van der Waals surface area contributed by atoms with Crippen molar-refractivity contribution in [3.05, 3.63) is 23.3 Å². The summed E-state index contributed by atoms with van der Waals surface area (Å²) in [4.78, 5) is 24.4. The Morgan fingerprint density at radius 3 is 2.59 bits per heavy atom. The molecule has 2 heterocycles. The van der Waals surface area contributed by atoms with Crippen LogP contribution >= 0.6 is 0 Å². The Kier molecular flexibility index (Phi) is 8.16. The molecule has 2 aliphatic heterocycles. The van der Waals surface area contributed by atoms with Gasteiger partial charge >= 0.3 is 5.97 Å². The number of allylic oxidation sites excluding steroid dienone is 1. The molecule has 2 aliphatic rings. The van der Waals surface area contributed by atoms with E-state index in [9.17, 15) is 19.8 Å². The average molecular weight is 382 g/mol. The third-order valence-corrected chi connectivity index (χ3v) is 4.93. The summed E-state index contributed by atoms with van der Waals surface area (Å²) in [6.45, 7) is 5.83. The van der Waals surface area contributed by atoms with Crippen LogP contribution in [0.25, 0.3) is 0 Å². The fourth-order valence-electron chi connectivity index (χ4n) is 3.13. The lowest BCUT2D eigenvalue weighted by atomic mass is 9.98. The van der Waals surface area contributed by atoms with Gasteiger partial charge in [0.15, 0.2) is 6.29 Å². The predicted octanol–water partition coefficient (Wildman–Crippen LogP) is 1.81. The van der Waals surface area contributed by atoms with Gasteiger partial charge in [0.2, 0.25) is 0 Å². The zero-order valence-corrected chi connectivity index (χ0v) is 16.2. The van der Waals surface area contributed by atoms with Crippen LogP contribution in [0.5, 0.6) is 0 Å². The monoisotopic (exact) mass is 382 g/mol. The van der Waals surface area contributed by atoms with E-state index in [-0.39, 0.29) is 31.7 Å². The molecule has 0 amide bonds. The molecule has 0 bridgehead atoms. The number of hydrogen-bond donors (Lipinski definition) is 2. The molecule has 7 nitrogen and oxygen atoms in total. The summed E-state index contributed by atoms with van der Waals surface area (Å²) < 4.78 is 16.8. The molecule has 1 saturated heterocycles. The van der Waals surface area contributed by atoms with Gasteiger partial charge in [0.05, 0.1) is 31.3 Å². The van der Waals surface area contributed by atoms with E-state index >= 15 is 0 Å². The van der Waals surface area contributed by atoms with Gasteiger partial charge in [-0.25, -0.2) is 0 Å². The molecule has 152 valence electrons. The van der Waals surface area contributed by atoms with Crippen LogP contribution in [0.4, 0.5) is 0 Å². The van der Waals surface area contributed by atoms with Gasteiger partial charge in [0.1, 0.15) is 11.9 Å². The van der Waals surface area contributed by atoms with E-state index in [0.29, 0.717) is 12.8 Å². The van der Waals surface area contributed by atoms with Crippen LogP contribution in [-0.4, -0.2) is 59.3 Å². The molecule has 5 unspecified atom stereocenters. The molecular formula is C20H30O7. The first-order valence-corrected chi connectivity index (χ1v) is 9.42. The van der Waals surface area contributed by atoms with Crippen molar-refractivity contribution in [2.24, 2.45) is 0 Å². The predicted molar refractivity (Wildman–Crippen MR) is 97.8 cm³/mol. The summed E-state index contributed by atoms with van der Waals surface area (Å²) in [5, 5.41) is 19.6. The standard InChI is InChI=1S/C20H30O7/c1-4-12(2)17-6-5-13(3)18(27-20-10-16(23)11-25-20)8-14(21)7-15(22)9-19(24)26-17/h4-5,15-18,20,22-23H,6-11H2,1-3H3/b12-4-,13-5+. The number of ether oxygens (including phenoxy) is 3. The Bertz CT molecular complexity index is 595. The van der Waals surface area contributed by atoms with Crippen LogP contribution in [0.2, 0.25) is 0 Å². The molecule has 7 heteroatoms. The topological polar surface area (TPSA) is 102 Å². The van der Waals surface area contributed by atoms with Gasteiger partial charge in [0.25, 0.3) is 0 Å². The quantitative estimate of drug-likeness (QED) is 0.567. The highest BCUT2D eigenvalue weighted by atomic mass is 16.7.